The van der Waals surface area contributed by atoms with Crippen molar-refractivity contribution in [2.45, 2.75) is 12.8 Å². The van der Waals surface area contributed by atoms with Crippen LogP contribution in [-0.2, 0) is 0 Å². The molecule has 0 spiro atoms. The van der Waals surface area contributed by atoms with Crippen LogP contribution in [0.5, 0.6) is 0 Å². The summed E-state index contributed by atoms with van der Waals surface area (Å²) < 4.78 is 0. The lowest BCUT2D eigenvalue weighted by Crippen LogP contribution is -2.03. The molecule has 16 heavy (non-hydrogen) atoms. The molecule has 0 amide bonds. The average Bonchev–Trinajstić information content (AvgIpc) is 2.74. The Balaban J connectivity index is 2.01. The first-order valence-electron chi connectivity index (χ1n) is 5.74. The van der Waals surface area contributed by atoms with E-state index in [0.29, 0.717) is 5.92 Å². The van der Waals surface area contributed by atoms with Crippen molar-refractivity contribution in [2.75, 3.05) is 11.9 Å². The lowest BCUT2D eigenvalue weighted by molar-refractivity contribution is 0.906. The standard InChI is InChI=1S/C15H15N/c1-11-6-8-12(9-7-11)14-10-16-15-5-3-2-4-13(14)15/h2-9,14,16H,10H2,1H3/t14-/m0/s1. The minimum atomic E-state index is 0.511. The molecule has 0 saturated heterocycles. The summed E-state index contributed by atoms with van der Waals surface area (Å²) in [5.41, 5.74) is 5.44. The summed E-state index contributed by atoms with van der Waals surface area (Å²) in [6.45, 7) is 3.15. The largest absolute Gasteiger partial charge is 0.384 e. The molecule has 1 heterocycles. The predicted octanol–water partition coefficient (Wildman–Crippen LogP) is 3.55. The summed E-state index contributed by atoms with van der Waals surface area (Å²) in [6, 6.07) is 17.4. The van der Waals surface area contributed by atoms with E-state index in [4.69, 9.17) is 0 Å². The predicted molar refractivity (Wildman–Crippen MR) is 68.0 cm³/mol. The van der Waals surface area contributed by atoms with Gasteiger partial charge in [0.1, 0.15) is 0 Å². The topological polar surface area (TPSA) is 12.0 Å². The van der Waals surface area contributed by atoms with Gasteiger partial charge in [-0.25, -0.2) is 0 Å². The summed E-state index contributed by atoms with van der Waals surface area (Å²) in [6.07, 6.45) is 0. The molecule has 0 radical (unpaired) electrons. The maximum absolute atomic E-state index is 3.46. The van der Waals surface area contributed by atoms with Crippen LogP contribution in [0.1, 0.15) is 22.6 Å². The van der Waals surface area contributed by atoms with E-state index in [9.17, 15) is 0 Å². The summed E-state index contributed by atoms with van der Waals surface area (Å²) in [5, 5.41) is 3.46. The highest BCUT2D eigenvalue weighted by molar-refractivity contribution is 5.60. The first-order valence-corrected chi connectivity index (χ1v) is 5.74. The highest BCUT2D eigenvalue weighted by Gasteiger charge is 2.22. The molecule has 3 rings (SSSR count). The fourth-order valence-electron chi connectivity index (χ4n) is 2.38. The summed E-state index contributed by atoms with van der Waals surface area (Å²) in [5.74, 6) is 0.511. The van der Waals surface area contributed by atoms with Crippen LogP contribution in [0.2, 0.25) is 0 Å². The third-order valence-corrected chi connectivity index (χ3v) is 3.31. The molecular formula is C15H15N. The van der Waals surface area contributed by atoms with Gasteiger partial charge in [-0.3, -0.25) is 0 Å². The minimum absolute atomic E-state index is 0.511. The van der Waals surface area contributed by atoms with Crippen molar-refractivity contribution in [1.82, 2.24) is 0 Å². The van der Waals surface area contributed by atoms with Gasteiger partial charge >= 0.3 is 0 Å². The van der Waals surface area contributed by atoms with Gasteiger partial charge in [0.15, 0.2) is 0 Å². The summed E-state index contributed by atoms with van der Waals surface area (Å²) in [4.78, 5) is 0. The molecule has 0 unspecified atom stereocenters. The third kappa shape index (κ3) is 1.49. The van der Waals surface area contributed by atoms with Gasteiger partial charge in [0.25, 0.3) is 0 Å². The van der Waals surface area contributed by atoms with Gasteiger partial charge in [-0.15, -0.1) is 0 Å². The van der Waals surface area contributed by atoms with E-state index in [-0.39, 0.29) is 0 Å². The summed E-state index contributed by atoms with van der Waals surface area (Å²) >= 11 is 0. The number of rotatable bonds is 1. The zero-order valence-corrected chi connectivity index (χ0v) is 9.40. The molecule has 2 aromatic carbocycles. The van der Waals surface area contributed by atoms with E-state index in [0.717, 1.165) is 6.54 Å². The van der Waals surface area contributed by atoms with E-state index in [1.54, 1.807) is 0 Å². The quantitative estimate of drug-likeness (QED) is 0.757. The van der Waals surface area contributed by atoms with Gasteiger partial charge in [0.05, 0.1) is 0 Å². The van der Waals surface area contributed by atoms with Crippen LogP contribution in [0.3, 0.4) is 0 Å². The van der Waals surface area contributed by atoms with Crippen LogP contribution >= 0.6 is 0 Å². The Morgan fingerprint density at radius 1 is 1.00 bits per heavy atom. The van der Waals surface area contributed by atoms with E-state index >= 15 is 0 Å². The number of anilines is 1. The number of aryl methyl sites for hydroxylation is 1. The molecule has 0 aromatic heterocycles. The SMILES string of the molecule is Cc1ccc([C@@H]2CNc3ccccc32)cc1. The molecule has 1 heteroatoms. The molecule has 0 aliphatic carbocycles. The molecular weight excluding hydrogens is 194 g/mol. The zero-order valence-electron chi connectivity index (χ0n) is 9.40. The van der Waals surface area contributed by atoms with Crippen molar-refractivity contribution in [3.05, 3.63) is 65.2 Å². The number of nitrogens with one attached hydrogen (secondary N) is 1. The van der Waals surface area contributed by atoms with Crippen LogP contribution < -0.4 is 5.32 Å². The number of hydrogen-bond acceptors (Lipinski definition) is 1. The molecule has 0 saturated carbocycles. The maximum Gasteiger partial charge on any atom is 0.0379 e. The van der Waals surface area contributed by atoms with Crippen LogP contribution in [0.15, 0.2) is 48.5 Å². The molecule has 1 N–H and O–H groups in total. The lowest BCUT2D eigenvalue weighted by atomic mass is 9.93. The minimum Gasteiger partial charge on any atom is -0.384 e. The Morgan fingerprint density at radius 2 is 1.75 bits per heavy atom. The molecule has 0 bridgehead atoms. The average molecular weight is 209 g/mol. The van der Waals surface area contributed by atoms with Crippen molar-refractivity contribution in [2.24, 2.45) is 0 Å². The molecule has 0 fully saturated rings. The third-order valence-electron chi connectivity index (χ3n) is 3.31. The number of para-hydroxylation sites is 1. The lowest BCUT2D eigenvalue weighted by Gasteiger charge is -2.10. The molecule has 1 atom stereocenters. The van der Waals surface area contributed by atoms with Crippen molar-refractivity contribution in [1.29, 1.82) is 0 Å². The molecule has 1 aliphatic rings. The van der Waals surface area contributed by atoms with Crippen molar-refractivity contribution in [3.8, 4) is 0 Å². The first kappa shape index (κ1) is 9.46. The Bertz CT molecular complexity index is 499. The van der Waals surface area contributed by atoms with Crippen molar-refractivity contribution in [3.63, 3.8) is 0 Å². The highest BCUT2D eigenvalue weighted by atomic mass is 14.9. The van der Waals surface area contributed by atoms with E-state index in [1.165, 1.54) is 22.4 Å². The van der Waals surface area contributed by atoms with Crippen LogP contribution in [-0.4, -0.2) is 6.54 Å². The number of benzene rings is 2. The second-order valence-electron chi connectivity index (χ2n) is 4.43. The zero-order chi connectivity index (χ0) is 11.0. The Kier molecular flexibility index (Phi) is 2.17. The monoisotopic (exact) mass is 209 g/mol. The fourth-order valence-corrected chi connectivity index (χ4v) is 2.38. The van der Waals surface area contributed by atoms with Gasteiger partial charge in [0, 0.05) is 18.2 Å². The van der Waals surface area contributed by atoms with E-state index in [1.807, 2.05) is 0 Å². The highest BCUT2D eigenvalue weighted by Crippen LogP contribution is 2.35. The van der Waals surface area contributed by atoms with Gasteiger partial charge in [-0.1, -0.05) is 48.0 Å². The van der Waals surface area contributed by atoms with Gasteiger partial charge in [-0.2, -0.15) is 0 Å². The van der Waals surface area contributed by atoms with Gasteiger partial charge in [-0.05, 0) is 24.1 Å². The van der Waals surface area contributed by atoms with E-state index < -0.39 is 0 Å². The molecule has 2 aromatic rings. The second kappa shape index (κ2) is 3.67. The van der Waals surface area contributed by atoms with Gasteiger partial charge in [0.2, 0.25) is 0 Å². The molecule has 1 nitrogen and oxygen atoms in total. The summed E-state index contributed by atoms with van der Waals surface area (Å²) in [7, 11) is 0. The van der Waals surface area contributed by atoms with Crippen LogP contribution in [0.4, 0.5) is 5.69 Å². The smallest absolute Gasteiger partial charge is 0.0379 e. The van der Waals surface area contributed by atoms with Crippen LogP contribution in [0.25, 0.3) is 0 Å². The number of hydrogen-bond donors (Lipinski definition) is 1. The van der Waals surface area contributed by atoms with Crippen molar-refractivity contribution < 1.29 is 0 Å². The number of fused-ring (bicyclic) bond motifs is 1. The normalized spacial score (nSPS) is 17.9. The molecule has 80 valence electrons. The first-order chi connectivity index (χ1) is 7.84. The Labute approximate surface area is 96.1 Å². The Morgan fingerprint density at radius 3 is 2.56 bits per heavy atom. The fraction of sp³-hybridized carbons (Fsp3) is 0.200. The van der Waals surface area contributed by atoms with E-state index in [2.05, 4.69) is 60.8 Å². The maximum atomic E-state index is 3.46. The Hall–Kier alpha value is -1.76. The van der Waals surface area contributed by atoms with Crippen molar-refractivity contribution >= 4 is 5.69 Å². The van der Waals surface area contributed by atoms with Gasteiger partial charge < -0.3 is 5.32 Å². The second-order valence-corrected chi connectivity index (χ2v) is 4.43. The molecule has 1 aliphatic heterocycles. The van der Waals surface area contributed by atoms with Crippen LogP contribution in [0, 0.1) is 6.92 Å².